The smallest absolute Gasteiger partial charge is 0.115 e. The Morgan fingerprint density at radius 1 is 0.700 bits per heavy atom. The third kappa shape index (κ3) is 2.50. The Morgan fingerprint density at radius 3 is 1.50 bits per heavy atom. The van der Waals surface area contributed by atoms with Crippen molar-refractivity contribution in [1.82, 2.24) is 0 Å². The van der Waals surface area contributed by atoms with Crippen LogP contribution >= 0.6 is 23.5 Å². The molecule has 2 aromatic carbocycles. The van der Waals surface area contributed by atoms with Crippen molar-refractivity contribution in [2.45, 2.75) is 10.5 Å². The zero-order valence-corrected chi connectivity index (χ0v) is 12.6. The number of hydrogen-bond acceptors (Lipinski definition) is 4. The second-order valence-corrected chi connectivity index (χ2v) is 7.64. The molecule has 4 heteroatoms. The minimum Gasteiger partial charge on any atom is -0.508 e. The minimum absolute atomic E-state index is 0.139. The first-order chi connectivity index (χ1) is 9.71. The van der Waals surface area contributed by atoms with Crippen molar-refractivity contribution in [3.63, 3.8) is 0 Å². The normalized spacial score (nSPS) is 17.8. The molecular weight excluding hydrogens is 288 g/mol. The Balaban J connectivity index is 2.08. The molecule has 2 N–H and O–H groups in total. The molecule has 2 aromatic rings. The van der Waals surface area contributed by atoms with E-state index in [1.807, 2.05) is 47.8 Å². The summed E-state index contributed by atoms with van der Waals surface area (Å²) in [6.45, 7) is 0. The van der Waals surface area contributed by atoms with Gasteiger partial charge in [-0.15, -0.1) is 23.5 Å². The lowest BCUT2D eigenvalue weighted by Gasteiger charge is -2.37. The number of aromatic hydroxyl groups is 2. The molecule has 0 spiro atoms. The molecule has 1 aliphatic heterocycles. The third-order valence-corrected chi connectivity index (χ3v) is 6.84. The van der Waals surface area contributed by atoms with Gasteiger partial charge in [0.2, 0.25) is 0 Å². The van der Waals surface area contributed by atoms with E-state index in [0.29, 0.717) is 11.5 Å². The molecule has 0 radical (unpaired) electrons. The van der Waals surface area contributed by atoms with Gasteiger partial charge in [0.05, 0.1) is 0 Å². The molecular formula is C16H16O2S2. The van der Waals surface area contributed by atoms with Crippen LogP contribution in [0.15, 0.2) is 48.5 Å². The van der Waals surface area contributed by atoms with Gasteiger partial charge < -0.3 is 10.2 Å². The van der Waals surface area contributed by atoms with E-state index in [-0.39, 0.29) is 4.08 Å². The van der Waals surface area contributed by atoms with Crippen molar-refractivity contribution in [3.8, 4) is 11.5 Å². The maximum atomic E-state index is 9.50. The van der Waals surface area contributed by atoms with Gasteiger partial charge in [-0.1, -0.05) is 24.3 Å². The number of phenols is 2. The number of hydrogen-bond donors (Lipinski definition) is 2. The van der Waals surface area contributed by atoms with Crippen LogP contribution in [0.3, 0.4) is 0 Å². The molecule has 3 rings (SSSR count). The predicted molar refractivity (Wildman–Crippen MR) is 86.5 cm³/mol. The van der Waals surface area contributed by atoms with Crippen molar-refractivity contribution in [2.75, 3.05) is 11.5 Å². The maximum absolute atomic E-state index is 9.50. The lowest BCUT2D eigenvalue weighted by Crippen LogP contribution is -2.24. The molecule has 0 aliphatic carbocycles. The molecule has 0 atom stereocenters. The summed E-state index contributed by atoms with van der Waals surface area (Å²) < 4.78 is -0.139. The first kappa shape index (κ1) is 13.7. The van der Waals surface area contributed by atoms with Crippen LogP contribution in [0.5, 0.6) is 11.5 Å². The molecule has 1 saturated heterocycles. The summed E-state index contributed by atoms with van der Waals surface area (Å²) in [5, 5.41) is 19.0. The van der Waals surface area contributed by atoms with Gasteiger partial charge in [-0.25, -0.2) is 0 Å². The maximum Gasteiger partial charge on any atom is 0.115 e. The molecule has 20 heavy (non-hydrogen) atoms. The van der Waals surface area contributed by atoms with Gasteiger partial charge in [0.15, 0.2) is 0 Å². The number of thioether (sulfide) groups is 2. The molecule has 1 heterocycles. The summed E-state index contributed by atoms with van der Waals surface area (Å²) in [5.74, 6) is 2.82. The van der Waals surface area contributed by atoms with Crippen LogP contribution in [0.4, 0.5) is 0 Å². The molecule has 0 amide bonds. The van der Waals surface area contributed by atoms with Gasteiger partial charge in [0.1, 0.15) is 15.6 Å². The fourth-order valence-electron chi connectivity index (χ4n) is 2.39. The van der Waals surface area contributed by atoms with Crippen molar-refractivity contribution < 1.29 is 10.2 Å². The van der Waals surface area contributed by atoms with Crippen LogP contribution in [0.25, 0.3) is 0 Å². The van der Waals surface area contributed by atoms with Crippen LogP contribution < -0.4 is 0 Å². The van der Waals surface area contributed by atoms with E-state index in [1.54, 1.807) is 24.3 Å². The summed E-state index contributed by atoms with van der Waals surface area (Å²) in [4.78, 5) is 0. The van der Waals surface area contributed by atoms with Crippen LogP contribution in [-0.4, -0.2) is 21.7 Å². The standard InChI is InChI=1S/C16H16O2S2/c17-14-6-2-12(3-7-14)16(19-10-1-11-20-16)13-4-8-15(18)9-5-13/h2-9,17-18H,1,10-11H2. The zero-order valence-electron chi connectivity index (χ0n) is 11.0. The quantitative estimate of drug-likeness (QED) is 0.873. The van der Waals surface area contributed by atoms with Gasteiger partial charge in [0.25, 0.3) is 0 Å². The lowest BCUT2D eigenvalue weighted by atomic mass is 10.0. The lowest BCUT2D eigenvalue weighted by molar-refractivity contribution is 0.475. The van der Waals surface area contributed by atoms with Crippen molar-refractivity contribution in [1.29, 1.82) is 0 Å². The number of benzene rings is 2. The summed E-state index contributed by atoms with van der Waals surface area (Å²) in [5.41, 5.74) is 2.38. The highest BCUT2D eigenvalue weighted by molar-refractivity contribution is 8.18. The van der Waals surface area contributed by atoms with Crippen LogP contribution in [0.2, 0.25) is 0 Å². The topological polar surface area (TPSA) is 40.5 Å². The van der Waals surface area contributed by atoms with Crippen molar-refractivity contribution in [3.05, 3.63) is 59.7 Å². The van der Waals surface area contributed by atoms with E-state index in [9.17, 15) is 10.2 Å². The first-order valence-electron chi connectivity index (χ1n) is 6.58. The monoisotopic (exact) mass is 304 g/mol. The fraction of sp³-hybridized carbons (Fsp3) is 0.250. The van der Waals surface area contributed by atoms with E-state index in [2.05, 4.69) is 0 Å². The second kappa shape index (κ2) is 5.62. The average molecular weight is 304 g/mol. The van der Waals surface area contributed by atoms with Crippen LogP contribution in [0.1, 0.15) is 17.5 Å². The predicted octanol–water partition coefficient (Wildman–Crippen LogP) is 4.17. The Kier molecular flexibility index (Phi) is 3.85. The highest BCUT2D eigenvalue weighted by atomic mass is 32.2. The van der Waals surface area contributed by atoms with Crippen molar-refractivity contribution >= 4 is 23.5 Å². The summed E-state index contributed by atoms with van der Waals surface area (Å²) in [6, 6.07) is 14.9. The molecule has 1 aliphatic rings. The Labute approximate surface area is 127 Å². The van der Waals surface area contributed by atoms with Crippen LogP contribution in [0, 0.1) is 0 Å². The first-order valence-corrected chi connectivity index (χ1v) is 8.55. The van der Waals surface area contributed by atoms with E-state index < -0.39 is 0 Å². The highest BCUT2D eigenvalue weighted by Gasteiger charge is 2.37. The van der Waals surface area contributed by atoms with E-state index >= 15 is 0 Å². The fourth-order valence-corrected chi connectivity index (χ4v) is 5.77. The van der Waals surface area contributed by atoms with Gasteiger partial charge in [-0.2, -0.15) is 0 Å². The van der Waals surface area contributed by atoms with Gasteiger partial charge in [-0.05, 0) is 53.3 Å². The van der Waals surface area contributed by atoms with Crippen LogP contribution in [-0.2, 0) is 4.08 Å². The van der Waals surface area contributed by atoms with E-state index in [1.165, 1.54) is 17.5 Å². The van der Waals surface area contributed by atoms with Gasteiger partial charge >= 0.3 is 0 Å². The average Bonchev–Trinajstić information content (AvgIpc) is 2.49. The highest BCUT2D eigenvalue weighted by Crippen LogP contribution is 2.55. The summed E-state index contributed by atoms with van der Waals surface area (Å²) in [6.07, 6.45) is 1.22. The molecule has 1 fully saturated rings. The van der Waals surface area contributed by atoms with Gasteiger partial charge in [0, 0.05) is 0 Å². The summed E-state index contributed by atoms with van der Waals surface area (Å²) in [7, 11) is 0. The van der Waals surface area contributed by atoms with Gasteiger partial charge in [-0.3, -0.25) is 0 Å². The molecule has 104 valence electrons. The SMILES string of the molecule is Oc1ccc(C2(c3ccc(O)cc3)SCCCS2)cc1. The molecule has 0 aromatic heterocycles. The number of rotatable bonds is 2. The molecule has 0 saturated carbocycles. The van der Waals surface area contributed by atoms with E-state index in [0.717, 1.165) is 11.5 Å². The van der Waals surface area contributed by atoms with Crippen molar-refractivity contribution in [2.24, 2.45) is 0 Å². The van der Waals surface area contributed by atoms with E-state index in [4.69, 9.17) is 0 Å². The number of phenolic OH excluding ortho intramolecular Hbond substituents is 2. The second-order valence-electron chi connectivity index (χ2n) is 4.76. The largest absolute Gasteiger partial charge is 0.508 e. The third-order valence-electron chi connectivity index (χ3n) is 3.39. The minimum atomic E-state index is -0.139. The molecule has 2 nitrogen and oxygen atoms in total. The summed E-state index contributed by atoms with van der Waals surface area (Å²) >= 11 is 3.86. The Morgan fingerprint density at radius 2 is 1.10 bits per heavy atom. The Hall–Kier alpha value is -1.26. The Bertz CT molecular complexity index is 525. The molecule has 0 bridgehead atoms. The zero-order chi connectivity index (χ0) is 14.0. The molecule has 0 unspecified atom stereocenters.